The molecule has 0 fully saturated rings. The Labute approximate surface area is 101 Å². The van der Waals surface area contributed by atoms with Crippen molar-refractivity contribution in [2.45, 2.75) is 5.75 Å². The first-order valence-electron chi connectivity index (χ1n) is 4.55. The first-order valence-corrected chi connectivity index (χ1v) is 7.53. The molecule has 1 N–H and O–H groups in total. The minimum atomic E-state index is 0.242. The van der Waals surface area contributed by atoms with Crippen molar-refractivity contribution in [1.82, 2.24) is 4.98 Å². The summed E-state index contributed by atoms with van der Waals surface area (Å²) < 4.78 is 0. The largest absolute Gasteiger partial charge is 0.396 e. The summed E-state index contributed by atoms with van der Waals surface area (Å²) in [6.07, 6.45) is 0. The number of nitrogens with zero attached hydrogens (tertiary/aromatic N) is 1. The molecule has 0 saturated heterocycles. The summed E-state index contributed by atoms with van der Waals surface area (Å²) in [5.41, 5.74) is 2.32. The lowest BCUT2D eigenvalue weighted by Gasteiger charge is -1.94. The Morgan fingerprint density at radius 2 is 2.33 bits per heavy atom. The minimum Gasteiger partial charge on any atom is -0.396 e. The van der Waals surface area contributed by atoms with Crippen LogP contribution in [-0.2, 0) is 5.75 Å². The van der Waals surface area contributed by atoms with E-state index < -0.39 is 0 Å². The molecular weight excluding hydrogens is 246 g/mol. The van der Waals surface area contributed by atoms with E-state index in [9.17, 15) is 0 Å². The van der Waals surface area contributed by atoms with Gasteiger partial charge in [-0.3, -0.25) is 0 Å². The van der Waals surface area contributed by atoms with E-state index in [1.165, 1.54) is 5.56 Å². The fraction of sp³-hybridized carbons (Fsp3) is 0.300. The van der Waals surface area contributed by atoms with Gasteiger partial charge in [0.15, 0.2) is 0 Å². The van der Waals surface area contributed by atoms with Gasteiger partial charge in [-0.2, -0.15) is 23.1 Å². The van der Waals surface area contributed by atoms with E-state index in [4.69, 9.17) is 5.11 Å². The van der Waals surface area contributed by atoms with Gasteiger partial charge in [0.25, 0.3) is 0 Å². The lowest BCUT2D eigenvalue weighted by molar-refractivity contribution is 0.322. The fourth-order valence-electron chi connectivity index (χ4n) is 1.13. The molecule has 0 amide bonds. The summed E-state index contributed by atoms with van der Waals surface area (Å²) in [5.74, 6) is 1.67. The van der Waals surface area contributed by atoms with Gasteiger partial charge in [0.2, 0.25) is 0 Å². The Morgan fingerprint density at radius 1 is 1.40 bits per heavy atom. The second kappa shape index (κ2) is 5.65. The quantitative estimate of drug-likeness (QED) is 0.836. The maximum absolute atomic E-state index is 8.66. The molecule has 0 aliphatic rings. The molecule has 0 spiro atoms. The van der Waals surface area contributed by atoms with E-state index in [-0.39, 0.29) is 6.61 Å². The highest BCUT2D eigenvalue weighted by atomic mass is 32.2. The van der Waals surface area contributed by atoms with Crippen LogP contribution in [0.2, 0.25) is 0 Å². The Bertz CT molecular complexity index is 396. The molecule has 15 heavy (non-hydrogen) atoms. The normalized spacial score (nSPS) is 10.7. The van der Waals surface area contributed by atoms with E-state index in [1.807, 2.05) is 0 Å². The topological polar surface area (TPSA) is 33.1 Å². The van der Waals surface area contributed by atoms with Crippen LogP contribution in [0.5, 0.6) is 0 Å². The molecule has 2 aromatic heterocycles. The smallest absolute Gasteiger partial charge is 0.124 e. The second-order valence-electron chi connectivity index (χ2n) is 2.93. The molecular formula is C10H11NOS3. The average Bonchev–Trinajstić information content (AvgIpc) is 2.87. The molecule has 2 rings (SSSR count). The van der Waals surface area contributed by atoms with Crippen molar-refractivity contribution in [3.05, 3.63) is 27.9 Å². The highest BCUT2D eigenvalue weighted by Gasteiger charge is 2.04. The van der Waals surface area contributed by atoms with Crippen molar-refractivity contribution in [1.29, 1.82) is 0 Å². The number of aliphatic hydroxyl groups is 1. The van der Waals surface area contributed by atoms with Crippen LogP contribution < -0.4 is 0 Å². The van der Waals surface area contributed by atoms with Crippen molar-refractivity contribution in [3.63, 3.8) is 0 Å². The molecule has 5 heteroatoms. The SMILES string of the molecule is OCCSCc1csc(-c2ccsc2)n1. The minimum absolute atomic E-state index is 0.242. The van der Waals surface area contributed by atoms with Gasteiger partial charge < -0.3 is 5.11 Å². The predicted molar refractivity (Wildman–Crippen MR) is 68.7 cm³/mol. The Kier molecular flexibility index (Phi) is 4.19. The van der Waals surface area contributed by atoms with Crippen LogP contribution in [0.25, 0.3) is 10.6 Å². The van der Waals surface area contributed by atoms with Crippen LogP contribution in [0.4, 0.5) is 0 Å². The second-order valence-corrected chi connectivity index (χ2v) is 5.68. The van der Waals surface area contributed by atoms with Gasteiger partial charge in [0, 0.05) is 27.8 Å². The van der Waals surface area contributed by atoms with Crippen molar-refractivity contribution < 1.29 is 5.11 Å². The van der Waals surface area contributed by atoms with Crippen molar-refractivity contribution in [2.24, 2.45) is 0 Å². The number of thiazole rings is 1. The van der Waals surface area contributed by atoms with E-state index in [0.717, 1.165) is 22.2 Å². The summed E-state index contributed by atoms with van der Waals surface area (Å²) in [4.78, 5) is 4.55. The average molecular weight is 257 g/mol. The molecule has 2 aromatic rings. The monoisotopic (exact) mass is 257 g/mol. The van der Waals surface area contributed by atoms with E-state index in [0.29, 0.717) is 0 Å². The Morgan fingerprint density at radius 3 is 3.07 bits per heavy atom. The van der Waals surface area contributed by atoms with Gasteiger partial charge in [0.1, 0.15) is 5.01 Å². The zero-order valence-electron chi connectivity index (χ0n) is 8.05. The van der Waals surface area contributed by atoms with Crippen molar-refractivity contribution in [3.8, 4) is 10.6 Å². The van der Waals surface area contributed by atoms with Gasteiger partial charge in [-0.25, -0.2) is 4.98 Å². The third kappa shape index (κ3) is 3.04. The number of aromatic nitrogens is 1. The first-order chi connectivity index (χ1) is 7.40. The molecule has 0 unspecified atom stereocenters. The number of hydrogen-bond donors (Lipinski definition) is 1. The Hall–Kier alpha value is -0.360. The van der Waals surface area contributed by atoms with Crippen LogP contribution in [0.3, 0.4) is 0 Å². The van der Waals surface area contributed by atoms with Gasteiger partial charge >= 0.3 is 0 Å². The number of thiophene rings is 1. The van der Waals surface area contributed by atoms with Crippen molar-refractivity contribution >= 4 is 34.4 Å². The van der Waals surface area contributed by atoms with Crippen LogP contribution >= 0.6 is 34.4 Å². The highest BCUT2D eigenvalue weighted by Crippen LogP contribution is 2.26. The summed E-state index contributed by atoms with van der Waals surface area (Å²) >= 11 is 5.09. The maximum atomic E-state index is 8.66. The predicted octanol–water partition coefficient (Wildman–Crippen LogP) is 3.10. The van der Waals surface area contributed by atoms with Crippen LogP contribution in [0.1, 0.15) is 5.69 Å². The summed E-state index contributed by atoms with van der Waals surface area (Å²) in [7, 11) is 0. The molecule has 0 bridgehead atoms. The van der Waals surface area contributed by atoms with E-state index in [2.05, 4.69) is 27.2 Å². The molecule has 2 nitrogen and oxygen atoms in total. The van der Waals surface area contributed by atoms with Gasteiger partial charge in [-0.1, -0.05) is 0 Å². The highest BCUT2D eigenvalue weighted by molar-refractivity contribution is 7.98. The zero-order valence-corrected chi connectivity index (χ0v) is 10.5. The van der Waals surface area contributed by atoms with Crippen LogP contribution in [0, 0.1) is 0 Å². The summed E-state index contributed by atoms with van der Waals surface area (Å²) in [6.45, 7) is 0.242. The lowest BCUT2D eigenvalue weighted by atomic mass is 10.4. The van der Waals surface area contributed by atoms with E-state index >= 15 is 0 Å². The lowest BCUT2D eigenvalue weighted by Crippen LogP contribution is -1.88. The van der Waals surface area contributed by atoms with Crippen LogP contribution in [-0.4, -0.2) is 22.5 Å². The number of hydrogen-bond acceptors (Lipinski definition) is 5. The van der Waals surface area contributed by atoms with Gasteiger partial charge in [-0.05, 0) is 11.4 Å². The molecule has 0 saturated carbocycles. The van der Waals surface area contributed by atoms with Gasteiger partial charge in [-0.15, -0.1) is 11.3 Å². The van der Waals surface area contributed by atoms with Crippen LogP contribution in [0.15, 0.2) is 22.2 Å². The van der Waals surface area contributed by atoms with E-state index in [1.54, 1.807) is 34.4 Å². The first kappa shape index (κ1) is 11.1. The molecule has 2 heterocycles. The summed E-state index contributed by atoms with van der Waals surface area (Å²) in [6, 6.07) is 2.09. The number of thioether (sulfide) groups is 1. The number of rotatable bonds is 5. The molecule has 0 atom stereocenters. The van der Waals surface area contributed by atoms with Crippen molar-refractivity contribution in [2.75, 3.05) is 12.4 Å². The Balaban J connectivity index is 1.98. The molecule has 0 aliphatic heterocycles. The third-order valence-corrected chi connectivity index (χ3v) is 4.40. The third-order valence-electron chi connectivity index (χ3n) is 1.81. The molecule has 0 aromatic carbocycles. The summed E-state index contributed by atoms with van der Waals surface area (Å²) in [5, 5.41) is 16.0. The molecule has 80 valence electrons. The molecule has 0 radical (unpaired) electrons. The fourth-order valence-corrected chi connectivity index (χ4v) is 3.40. The van der Waals surface area contributed by atoms with Gasteiger partial charge in [0.05, 0.1) is 12.3 Å². The number of aliphatic hydroxyl groups excluding tert-OH is 1. The zero-order chi connectivity index (χ0) is 10.5. The maximum Gasteiger partial charge on any atom is 0.124 e. The molecule has 0 aliphatic carbocycles. The standard InChI is InChI=1S/C10H11NOS3/c12-2-4-14-6-9-7-15-10(11-9)8-1-3-13-5-8/h1,3,5,7,12H,2,4,6H2.